The van der Waals surface area contributed by atoms with Gasteiger partial charge >= 0.3 is 0 Å². The second-order valence-electron chi connectivity index (χ2n) is 4.79. The first-order chi connectivity index (χ1) is 9.97. The minimum absolute atomic E-state index is 0.00774. The molecule has 0 aliphatic carbocycles. The van der Waals surface area contributed by atoms with E-state index in [-0.39, 0.29) is 10.9 Å². The molecule has 0 bridgehead atoms. The molecule has 2 heterocycles. The summed E-state index contributed by atoms with van der Waals surface area (Å²) in [4.78, 5) is 13.2. The largest absolute Gasteiger partial charge is 0.312 e. The van der Waals surface area contributed by atoms with Gasteiger partial charge in [-0.3, -0.25) is 14.6 Å². The van der Waals surface area contributed by atoms with Gasteiger partial charge in [-0.1, -0.05) is 0 Å². The number of carbonyl (C=O) groups is 1. The van der Waals surface area contributed by atoms with Crippen LogP contribution < -0.4 is 9.62 Å². The van der Waals surface area contributed by atoms with Crippen LogP contribution in [0.15, 0.2) is 35.5 Å². The molecule has 8 heteroatoms. The van der Waals surface area contributed by atoms with Crippen LogP contribution in [-0.2, 0) is 21.2 Å². The van der Waals surface area contributed by atoms with Crippen molar-refractivity contribution in [1.29, 1.82) is 0 Å². The molecule has 2 N–H and O–H groups in total. The van der Waals surface area contributed by atoms with Gasteiger partial charge in [0.1, 0.15) is 0 Å². The number of nitrogens with one attached hydrogen (secondary N) is 2. The summed E-state index contributed by atoms with van der Waals surface area (Å²) in [6.45, 7) is 2.14. The Morgan fingerprint density at radius 1 is 1.38 bits per heavy atom. The minimum atomic E-state index is -3.67. The number of rotatable bonds is 3. The predicted octanol–water partition coefficient (Wildman–Crippen LogP) is 1.12. The highest BCUT2D eigenvalue weighted by Gasteiger charge is 2.23. The van der Waals surface area contributed by atoms with Crippen LogP contribution >= 0.6 is 0 Å². The summed E-state index contributed by atoms with van der Waals surface area (Å²) >= 11 is 0. The molecule has 1 aliphatic rings. The van der Waals surface area contributed by atoms with E-state index in [1.54, 1.807) is 23.1 Å². The highest BCUT2D eigenvalue weighted by Crippen LogP contribution is 2.31. The highest BCUT2D eigenvalue weighted by molar-refractivity contribution is 7.92. The SMILES string of the molecule is CC(=O)N1CCc2cc(NS(=O)(=O)c3ccn[nH]3)ccc21. The van der Waals surface area contributed by atoms with E-state index in [1.165, 1.54) is 19.2 Å². The molecule has 0 atom stereocenters. The number of sulfonamides is 1. The molecule has 0 fully saturated rings. The number of fused-ring (bicyclic) bond motifs is 1. The Morgan fingerprint density at radius 2 is 2.19 bits per heavy atom. The Bertz CT molecular complexity index is 784. The maximum atomic E-state index is 12.1. The van der Waals surface area contributed by atoms with E-state index < -0.39 is 10.0 Å². The average molecular weight is 306 g/mol. The molecular formula is C13H14N4O3S. The summed E-state index contributed by atoms with van der Waals surface area (Å²) < 4.78 is 26.7. The van der Waals surface area contributed by atoms with E-state index in [0.29, 0.717) is 18.7 Å². The number of aromatic nitrogens is 2. The van der Waals surface area contributed by atoms with Gasteiger partial charge < -0.3 is 4.90 Å². The van der Waals surface area contributed by atoms with Gasteiger partial charge in [-0.25, -0.2) is 0 Å². The third kappa shape index (κ3) is 2.49. The zero-order valence-electron chi connectivity index (χ0n) is 11.3. The van der Waals surface area contributed by atoms with Crippen molar-refractivity contribution in [1.82, 2.24) is 10.2 Å². The first-order valence-electron chi connectivity index (χ1n) is 6.40. The molecule has 1 aromatic heterocycles. The molecule has 110 valence electrons. The van der Waals surface area contributed by atoms with Crippen molar-refractivity contribution in [2.45, 2.75) is 18.4 Å². The third-order valence-electron chi connectivity index (χ3n) is 3.37. The fourth-order valence-electron chi connectivity index (χ4n) is 2.40. The second kappa shape index (κ2) is 4.88. The van der Waals surface area contributed by atoms with Crippen molar-refractivity contribution in [2.24, 2.45) is 0 Å². The first kappa shape index (κ1) is 13.6. The van der Waals surface area contributed by atoms with Gasteiger partial charge in [-0.2, -0.15) is 13.5 Å². The smallest absolute Gasteiger partial charge is 0.278 e. The Kier molecular flexibility index (Phi) is 3.17. The van der Waals surface area contributed by atoms with Gasteiger partial charge in [-0.05, 0) is 36.2 Å². The van der Waals surface area contributed by atoms with Crippen molar-refractivity contribution in [3.8, 4) is 0 Å². The molecule has 0 unspecified atom stereocenters. The lowest BCUT2D eigenvalue weighted by Gasteiger charge is -2.15. The number of nitrogens with zero attached hydrogens (tertiary/aromatic N) is 2. The molecule has 0 radical (unpaired) electrons. The summed E-state index contributed by atoms with van der Waals surface area (Å²) in [5, 5.41) is 6.06. The molecule has 0 saturated carbocycles. The molecular weight excluding hydrogens is 292 g/mol. The second-order valence-corrected chi connectivity index (χ2v) is 6.44. The fraction of sp³-hybridized carbons (Fsp3) is 0.231. The van der Waals surface area contributed by atoms with E-state index in [9.17, 15) is 13.2 Å². The van der Waals surface area contributed by atoms with E-state index in [4.69, 9.17) is 0 Å². The first-order valence-corrected chi connectivity index (χ1v) is 7.89. The van der Waals surface area contributed by atoms with Crippen LogP contribution in [0, 0.1) is 0 Å². The molecule has 7 nitrogen and oxygen atoms in total. The lowest BCUT2D eigenvalue weighted by Crippen LogP contribution is -2.25. The van der Waals surface area contributed by atoms with Gasteiger partial charge in [0.15, 0.2) is 5.03 Å². The zero-order chi connectivity index (χ0) is 15.0. The summed E-state index contributed by atoms with van der Waals surface area (Å²) in [7, 11) is -3.67. The fourth-order valence-corrected chi connectivity index (χ4v) is 3.36. The van der Waals surface area contributed by atoms with Crippen molar-refractivity contribution >= 4 is 27.3 Å². The highest BCUT2D eigenvalue weighted by atomic mass is 32.2. The van der Waals surface area contributed by atoms with Crippen molar-refractivity contribution in [2.75, 3.05) is 16.2 Å². The third-order valence-corrected chi connectivity index (χ3v) is 4.68. The van der Waals surface area contributed by atoms with Crippen LogP contribution in [0.4, 0.5) is 11.4 Å². The predicted molar refractivity (Wildman–Crippen MR) is 77.6 cm³/mol. The van der Waals surface area contributed by atoms with Crippen LogP contribution in [0.1, 0.15) is 12.5 Å². The Hall–Kier alpha value is -2.35. The van der Waals surface area contributed by atoms with Gasteiger partial charge in [0.2, 0.25) is 5.91 Å². The van der Waals surface area contributed by atoms with E-state index in [1.807, 2.05) is 0 Å². The topological polar surface area (TPSA) is 95.2 Å². The van der Waals surface area contributed by atoms with Gasteiger partial charge in [-0.15, -0.1) is 0 Å². The summed E-state index contributed by atoms with van der Waals surface area (Å²) in [6.07, 6.45) is 2.09. The quantitative estimate of drug-likeness (QED) is 0.888. The lowest BCUT2D eigenvalue weighted by molar-refractivity contribution is -0.116. The average Bonchev–Trinajstić information content (AvgIpc) is 3.07. The number of hydrogen-bond acceptors (Lipinski definition) is 4. The van der Waals surface area contributed by atoms with E-state index >= 15 is 0 Å². The molecule has 1 aliphatic heterocycles. The summed E-state index contributed by atoms with van der Waals surface area (Å²) in [6, 6.07) is 6.54. The number of amides is 1. The number of benzene rings is 1. The van der Waals surface area contributed by atoms with Gasteiger partial charge in [0, 0.05) is 24.8 Å². The van der Waals surface area contributed by atoms with E-state index in [2.05, 4.69) is 14.9 Å². The number of aromatic amines is 1. The van der Waals surface area contributed by atoms with E-state index in [0.717, 1.165) is 11.3 Å². The maximum absolute atomic E-state index is 12.1. The molecule has 0 spiro atoms. The summed E-state index contributed by atoms with van der Waals surface area (Å²) in [5.74, 6) is -0.0143. The number of carbonyl (C=O) groups excluding carboxylic acids is 1. The number of hydrogen-bond donors (Lipinski definition) is 2. The van der Waals surface area contributed by atoms with Crippen LogP contribution in [-0.4, -0.2) is 31.1 Å². The number of anilines is 2. The van der Waals surface area contributed by atoms with Crippen molar-refractivity contribution in [3.05, 3.63) is 36.0 Å². The zero-order valence-corrected chi connectivity index (χ0v) is 12.1. The normalized spacial score (nSPS) is 14.0. The molecule has 2 aromatic rings. The Morgan fingerprint density at radius 3 is 2.86 bits per heavy atom. The van der Waals surface area contributed by atoms with Crippen LogP contribution in [0.2, 0.25) is 0 Å². The monoisotopic (exact) mass is 306 g/mol. The van der Waals surface area contributed by atoms with Crippen LogP contribution in [0.25, 0.3) is 0 Å². The standard InChI is InChI=1S/C13H14N4O3S/c1-9(18)17-7-5-10-8-11(2-3-12(10)17)16-21(19,20)13-4-6-14-15-13/h2-4,6,8,16H,5,7H2,1H3,(H,14,15). The Labute approximate surface area is 122 Å². The number of H-pyrrole nitrogens is 1. The van der Waals surface area contributed by atoms with Crippen LogP contribution in [0.3, 0.4) is 0 Å². The molecule has 3 rings (SSSR count). The Balaban J connectivity index is 1.88. The lowest BCUT2D eigenvalue weighted by atomic mass is 10.1. The van der Waals surface area contributed by atoms with Crippen molar-refractivity contribution < 1.29 is 13.2 Å². The maximum Gasteiger partial charge on any atom is 0.278 e. The van der Waals surface area contributed by atoms with Gasteiger partial charge in [0.25, 0.3) is 10.0 Å². The molecule has 1 amide bonds. The molecule has 1 aromatic carbocycles. The van der Waals surface area contributed by atoms with Crippen molar-refractivity contribution in [3.63, 3.8) is 0 Å². The molecule has 21 heavy (non-hydrogen) atoms. The van der Waals surface area contributed by atoms with Crippen LogP contribution in [0.5, 0.6) is 0 Å². The van der Waals surface area contributed by atoms with Gasteiger partial charge in [0.05, 0.1) is 6.20 Å². The minimum Gasteiger partial charge on any atom is -0.312 e. The summed E-state index contributed by atoms with van der Waals surface area (Å²) in [5.41, 5.74) is 2.26. The molecule has 0 saturated heterocycles.